The van der Waals surface area contributed by atoms with Crippen LogP contribution in [0.2, 0.25) is 5.02 Å². The van der Waals surface area contributed by atoms with Crippen molar-refractivity contribution in [2.75, 3.05) is 23.7 Å². The zero-order valence-electron chi connectivity index (χ0n) is 12.7. The van der Waals surface area contributed by atoms with Gasteiger partial charge in [-0.2, -0.15) is 11.8 Å². The lowest BCUT2D eigenvalue weighted by atomic mass is 10.1. The summed E-state index contributed by atoms with van der Waals surface area (Å²) >= 11 is 8.56. The number of hydrogen-bond acceptors (Lipinski definition) is 3. The van der Waals surface area contributed by atoms with E-state index < -0.39 is 0 Å². The quantitative estimate of drug-likeness (QED) is 0.822. The number of halogens is 1. The summed E-state index contributed by atoms with van der Waals surface area (Å²) in [5, 5.41) is 4.96. The maximum Gasteiger partial charge on any atom is 0.0642 e. The highest BCUT2D eigenvalue weighted by molar-refractivity contribution is 8.00. The standard InChI is InChI=1S/C16H25ClN2S/c1-4-7-18-11-14-5-6-16(15(17)10-14)19-8-9-20-13(3)12(19)2/h5-6,10,12-13,18H,4,7-9,11H2,1-3H3. The van der Waals surface area contributed by atoms with Crippen LogP contribution in [0.5, 0.6) is 0 Å². The smallest absolute Gasteiger partial charge is 0.0642 e. The van der Waals surface area contributed by atoms with Crippen LogP contribution < -0.4 is 10.2 Å². The number of hydrogen-bond donors (Lipinski definition) is 1. The van der Waals surface area contributed by atoms with E-state index in [1.54, 1.807) is 0 Å². The van der Waals surface area contributed by atoms with Crippen LogP contribution in [-0.4, -0.2) is 30.1 Å². The fraction of sp³-hybridized carbons (Fsp3) is 0.625. The zero-order chi connectivity index (χ0) is 14.5. The molecule has 112 valence electrons. The van der Waals surface area contributed by atoms with Gasteiger partial charge in [-0.15, -0.1) is 0 Å². The van der Waals surface area contributed by atoms with Gasteiger partial charge in [0.25, 0.3) is 0 Å². The normalized spacial score (nSPS) is 23.1. The molecular weight excluding hydrogens is 288 g/mol. The van der Waals surface area contributed by atoms with Crippen LogP contribution in [0.3, 0.4) is 0 Å². The van der Waals surface area contributed by atoms with Gasteiger partial charge < -0.3 is 10.2 Å². The van der Waals surface area contributed by atoms with Gasteiger partial charge in [-0.05, 0) is 37.6 Å². The Bertz CT molecular complexity index is 438. The van der Waals surface area contributed by atoms with E-state index in [1.807, 2.05) is 0 Å². The summed E-state index contributed by atoms with van der Waals surface area (Å²) in [5.41, 5.74) is 2.45. The molecule has 2 atom stereocenters. The predicted octanol–water partition coefficient (Wildman–Crippen LogP) is 4.17. The summed E-state index contributed by atoms with van der Waals surface area (Å²) in [7, 11) is 0. The first kappa shape index (κ1) is 16.0. The molecule has 1 N–H and O–H groups in total. The van der Waals surface area contributed by atoms with E-state index in [4.69, 9.17) is 11.6 Å². The molecule has 0 amide bonds. The molecule has 0 aromatic heterocycles. The van der Waals surface area contributed by atoms with Crippen LogP contribution in [0, 0.1) is 0 Å². The van der Waals surface area contributed by atoms with Crippen molar-refractivity contribution in [2.45, 2.75) is 45.0 Å². The minimum absolute atomic E-state index is 0.537. The van der Waals surface area contributed by atoms with E-state index in [0.29, 0.717) is 11.3 Å². The second-order valence-electron chi connectivity index (χ2n) is 5.47. The summed E-state index contributed by atoms with van der Waals surface area (Å²) in [5.74, 6) is 1.18. The summed E-state index contributed by atoms with van der Waals surface area (Å²) in [6.45, 7) is 9.82. The minimum atomic E-state index is 0.537. The molecule has 1 aromatic rings. The molecular formula is C16H25ClN2S. The Kier molecular flexibility index (Phi) is 6.06. The third kappa shape index (κ3) is 3.84. The first-order valence-electron chi connectivity index (χ1n) is 7.51. The van der Waals surface area contributed by atoms with Crippen LogP contribution in [0.1, 0.15) is 32.8 Å². The van der Waals surface area contributed by atoms with Gasteiger partial charge >= 0.3 is 0 Å². The highest BCUT2D eigenvalue weighted by atomic mass is 35.5. The highest BCUT2D eigenvalue weighted by Gasteiger charge is 2.26. The number of anilines is 1. The van der Waals surface area contributed by atoms with Gasteiger partial charge in [0.05, 0.1) is 10.7 Å². The van der Waals surface area contributed by atoms with Gasteiger partial charge in [-0.25, -0.2) is 0 Å². The van der Waals surface area contributed by atoms with E-state index in [1.165, 1.54) is 17.0 Å². The Morgan fingerprint density at radius 1 is 1.40 bits per heavy atom. The van der Waals surface area contributed by atoms with E-state index in [0.717, 1.165) is 31.1 Å². The maximum absolute atomic E-state index is 6.51. The Morgan fingerprint density at radius 2 is 2.20 bits per heavy atom. The SMILES string of the molecule is CCCNCc1ccc(N2CCSC(C)C2C)c(Cl)c1. The van der Waals surface area contributed by atoms with Gasteiger partial charge in [0, 0.05) is 30.1 Å². The summed E-state index contributed by atoms with van der Waals surface area (Å²) in [6, 6.07) is 7.03. The summed E-state index contributed by atoms with van der Waals surface area (Å²) in [4.78, 5) is 2.45. The number of nitrogens with zero attached hydrogens (tertiary/aromatic N) is 1. The van der Waals surface area contributed by atoms with E-state index in [2.05, 4.69) is 60.9 Å². The summed E-state index contributed by atoms with van der Waals surface area (Å²) < 4.78 is 0. The van der Waals surface area contributed by atoms with Crippen LogP contribution in [0.25, 0.3) is 0 Å². The van der Waals surface area contributed by atoms with Gasteiger partial charge in [0.15, 0.2) is 0 Å². The van der Waals surface area contributed by atoms with Crippen LogP contribution >= 0.6 is 23.4 Å². The molecule has 0 saturated carbocycles. The molecule has 1 aromatic carbocycles. The molecule has 2 unspecified atom stereocenters. The second-order valence-corrected chi connectivity index (χ2v) is 7.36. The number of thioether (sulfide) groups is 1. The third-order valence-electron chi connectivity index (χ3n) is 3.96. The van der Waals surface area contributed by atoms with Gasteiger partial charge in [0.1, 0.15) is 0 Å². The fourth-order valence-corrected chi connectivity index (χ4v) is 3.99. The van der Waals surface area contributed by atoms with Crippen molar-refractivity contribution in [1.82, 2.24) is 5.32 Å². The van der Waals surface area contributed by atoms with Crippen molar-refractivity contribution in [3.05, 3.63) is 28.8 Å². The number of benzene rings is 1. The molecule has 20 heavy (non-hydrogen) atoms. The van der Waals surface area contributed by atoms with E-state index in [-0.39, 0.29) is 0 Å². The Labute approximate surface area is 132 Å². The molecule has 0 bridgehead atoms. The topological polar surface area (TPSA) is 15.3 Å². The van der Waals surface area contributed by atoms with Crippen LogP contribution in [-0.2, 0) is 6.54 Å². The van der Waals surface area contributed by atoms with Crippen molar-refractivity contribution in [2.24, 2.45) is 0 Å². The zero-order valence-corrected chi connectivity index (χ0v) is 14.2. The second kappa shape index (κ2) is 7.58. The van der Waals surface area contributed by atoms with E-state index in [9.17, 15) is 0 Å². The van der Waals surface area contributed by atoms with Gasteiger partial charge in [-0.1, -0.05) is 31.5 Å². The monoisotopic (exact) mass is 312 g/mol. The molecule has 0 aliphatic carbocycles. The predicted molar refractivity (Wildman–Crippen MR) is 92.2 cm³/mol. The highest BCUT2D eigenvalue weighted by Crippen LogP contribution is 2.34. The maximum atomic E-state index is 6.51. The molecule has 0 spiro atoms. The third-order valence-corrected chi connectivity index (χ3v) is 5.60. The van der Waals surface area contributed by atoms with Crippen molar-refractivity contribution < 1.29 is 0 Å². The Morgan fingerprint density at radius 3 is 2.90 bits per heavy atom. The molecule has 1 aliphatic heterocycles. The molecule has 1 heterocycles. The average Bonchev–Trinajstić information content (AvgIpc) is 2.43. The minimum Gasteiger partial charge on any atom is -0.366 e. The number of nitrogens with one attached hydrogen (secondary N) is 1. The Balaban J connectivity index is 2.08. The van der Waals surface area contributed by atoms with Gasteiger partial charge in [-0.3, -0.25) is 0 Å². The molecule has 1 aliphatic rings. The van der Waals surface area contributed by atoms with Crippen molar-refractivity contribution >= 4 is 29.1 Å². The van der Waals surface area contributed by atoms with Crippen molar-refractivity contribution in [3.8, 4) is 0 Å². The largest absolute Gasteiger partial charge is 0.366 e. The van der Waals surface area contributed by atoms with Gasteiger partial charge in [0.2, 0.25) is 0 Å². The van der Waals surface area contributed by atoms with Crippen molar-refractivity contribution in [1.29, 1.82) is 0 Å². The first-order chi connectivity index (χ1) is 9.63. The van der Waals surface area contributed by atoms with Crippen LogP contribution in [0.15, 0.2) is 18.2 Å². The first-order valence-corrected chi connectivity index (χ1v) is 8.93. The Hall–Kier alpha value is -0.380. The molecule has 2 rings (SSSR count). The molecule has 1 fully saturated rings. The fourth-order valence-electron chi connectivity index (χ4n) is 2.58. The molecule has 2 nitrogen and oxygen atoms in total. The van der Waals surface area contributed by atoms with Crippen LogP contribution in [0.4, 0.5) is 5.69 Å². The molecule has 4 heteroatoms. The lowest BCUT2D eigenvalue weighted by Crippen LogP contribution is -2.44. The molecule has 0 radical (unpaired) electrons. The lowest BCUT2D eigenvalue weighted by molar-refractivity contribution is 0.627. The van der Waals surface area contributed by atoms with E-state index >= 15 is 0 Å². The average molecular weight is 313 g/mol. The van der Waals surface area contributed by atoms with Crippen molar-refractivity contribution in [3.63, 3.8) is 0 Å². The molecule has 1 saturated heterocycles. The summed E-state index contributed by atoms with van der Waals surface area (Å²) in [6.07, 6.45) is 1.16. The number of rotatable bonds is 5. The lowest BCUT2D eigenvalue weighted by Gasteiger charge is -2.39.